The third-order valence-corrected chi connectivity index (χ3v) is 4.83. The maximum absolute atomic E-state index is 12.4. The molecule has 0 aliphatic carbocycles. The monoisotopic (exact) mass is 386 g/mol. The number of nitrogens with zero attached hydrogens (tertiary/aromatic N) is 3. The Labute approximate surface area is 164 Å². The highest BCUT2D eigenvalue weighted by molar-refractivity contribution is 5.89. The number of benzene rings is 1. The van der Waals surface area contributed by atoms with E-state index in [0.29, 0.717) is 31.7 Å². The number of amides is 1. The Morgan fingerprint density at radius 3 is 2.64 bits per heavy atom. The van der Waals surface area contributed by atoms with Crippen LogP contribution in [0.15, 0.2) is 24.3 Å². The molecule has 2 heterocycles. The van der Waals surface area contributed by atoms with Gasteiger partial charge in [-0.2, -0.15) is 5.10 Å². The van der Waals surface area contributed by atoms with Gasteiger partial charge >= 0.3 is 5.97 Å². The van der Waals surface area contributed by atoms with Gasteiger partial charge in [-0.05, 0) is 31.0 Å². The van der Waals surface area contributed by atoms with Crippen LogP contribution in [0, 0.1) is 0 Å². The minimum Gasteiger partial charge on any atom is -0.497 e. The van der Waals surface area contributed by atoms with Crippen LogP contribution in [-0.4, -0.2) is 53.4 Å². The van der Waals surface area contributed by atoms with E-state index in [1.165, 1.54) is 0 Å². The summed E-state index contributed by atoms with van der Waals surface area (Å²) in [5.41, 5.74) is 8.68. The van der Waals surface area contributed by atoms with E-state index in [-0.39, 0.29) is 19.1 Å². The number of nitrogens with two attached hydrogens (primary N) is 1. The maximum Gasteiger partial charge on any atom is 0.359 e. The van der Waals surface area contributed by atoms with Crippen LogP contribution < -0.4 is 10.5 Å². The lowest BCUT2D eigenvalue weighted by molar-refractivity contribution is -0.119. The van der Waals surface area contributed by atoms with E-state index in [9.17, 15) is 9.59 Å². The highest BCUT2D eigenvalue weighted by atomic mass is 16.5. The molecule has 0 bridgehead atoms. The maximum atomic E-state index is 12.4. The van der Waals surface area contributed by atoms with Crippen LogP contribution in [0.2, 0.25) is 0 Å². The molecule has 1 aliphatic heterocycles. The Bertz CT molecular complexity index is 845. The average molecular weight is 386 g/mol. The van der Waals surface area contributed by atoms with Crippen molar-refractivity contribution in [1.82, 2.24) is 14.7 Å². The lowest BCUT2D eigenvalue weighted by atomic mass is 10.0. The summed E-state index contributed by atoms with van der Waals surface area (Å²) in [4.78, 5) is 25.6. The first kappa shape index (κ1) is 19.9. The van der Waals surface area contributed by atoms with Crippen molar-refractivity contribution in [3.63, 3.8) is 0 Å². The zero-order chi connectivity index (χ0) is 20.1. The normalized spacial score (nSPS) is 13.8. The molecule has 0 spiro atoms. The van der Waals surface area contributed by atoms with Gasteiger partial charge in [0.25, 0.3) is 0 Å². The molecule has 1 amide bonds. The Morgan fingerprint density at radius 1 is 1.25 bits per heavy atom. The molecular weight excluding hydrogens is 360 g/mol. The average Bonchev–Trinajstić information content (AvgIpc) is 3.04. The number of fused-ring (bicyclic) bond motifs is 1. The van der Waals surface area contributed by atoms with Gasteiger partial charge in [0.1, 0.15) is 5.75 Å². The van der Waals surface area contributed by atoms with E-state index in [1.54, 1.807) is 14.0 Å². The summed E-state index contributed by atoms with van der Waals surface area (Å²) in [7, 11) is 1.64. The minimum absolute atomic E-state index is 0.165. The fourth-order valence-electron chi connectivity index (χ4n) is 3.48. The van der Waals surface area contributed by atoms with E-state index < -0.39 is 5.97 Å². The van der Waals surface area contributed by atoms with Crippen LogP contribution in [-0.2, 0) is 35.5 Å². The second-order valence-corrected chi connectivity index (χ2v) is 6.74. The van der Waals surface area contributed by atoms with Crippen molar-refractivity contribution < 1.29 is 19.1 Å². The van der Waals surface area contributed by atoms with Gasteiger partial charge in [0, 0.05) is 37.3 Å². The van der Waals surface area contributed by atoms with Crippen LogP contribution >= 0.6 is 0 Å². The largest absolute Gasteiger partial charge is 0.497 e. The number of carbonyl (C=O) groups is 2. The SMILES string of the molecule is CCOC(=O)c1nn(CCc2ccc(OC)cc2)c2c1CN(CC(N)=O)CC2. The molecule has 1 aromatic heterocycles. The lowest BCUT2D eigenvalue weighted by Crippen LogP contribution is -2.38. The Balaban J connectivity index is 1.81. The summed E-state index contributed by atoms with van der Waals surface area (Å²) < 4.78 is 12.3. The van der Waals surface area contributed by atoms with Crippen molar-refractivity contribution in [2.45, 2.75) is 32.9 Å². The molecule has 0 atom stereocenters. The Hall–Kier alpha value is -2.87. The molecule has 0 saturated heterocycles. The first-order valence-electron chi connectivity index (χ1n) is 9.41. The van der Waals surface area contributed by atoms with Gasteiger partial charge in [0.15, 0.2) is 5.69 Å². The Morgan fingerprint density at radius 2 is 2.00 bits per heavy atom. The van der Waals surface area contributed by atoms with Crippen molar-refractivity contribution >= 4 is 11.9 Å². The Kier molecular flexibility index (Phi) is 6.30. The van der Waals surface area contributed by atoms with Gasteiger partial charge < -0.3 is 15.2 Å². The van der Waals surface area contributed by atoms with Crippen molar-refractivity contribution in [2.24, 2.45) is 5.73 Å². The zero-order valence-electron chi connectivity index (χ0n) is 16.3. The molecule has 3 rings (SSSR count). The first-order chi connectivity index (χ1) is 13.5. The number of hydrogen-bond donors (Lipinski definition) is 1. The number of esters is 1. The fourth-order valence-corrected chi connectivity index (χ4v) is 3.48. The fraction of sp³-hybridized carbons (Fsp3) is 0.450. The van der Waals surface area contributed by atoms with E-state index in [4.69, 9.17) is 15.2 Å². The van der Waals surface area contributed by atoms with Crippen molar-refractivity contribution in [3.05, 3.63) is 46.8 Å². The van der Waals surface area contributed by atoms with Crippen LogP contribution in [0.1, 0.15) is 34.2 Å². The molecule has 150 valence electrons. The first-order valence-corrected chi connectivity index (χ1v) is 9.41. The summed E-state index contributed by atoms with van der Waals surface area (Å²) in [6.07, 6.45) is 1.49. The molecule has 2 N–H and O–H groups in total. The van der Waals surface area contributed by atoms with Gasteiger partial charge in [-0.25, -0.2) is 4.79 Å². The van der Waals surface area contributed by atoms with Crippen molar-refractivity contribution in [1.29, 1.82) is 0 Å². The lowest BCUT2D eigenvalue weighted by Gasteiger charge is -2.26. The van der Waals surface area contributed by atoms with Gasteiger partial charge in [0.05, 0.1) is 20.3 Å². The molecule has 0 saturated carbocycles. The third kappa shape index (κ3) is 4.51. The summed E-state index contributed by atoms with van der Waals surface area (Å²) in [6, 6.07) is 7.91. The van der Waals surface area contributed by atoms with Gasteiger partial charge in [-0.1, -0.05) is 12.1 Å². The second-order valence-electron chi connectivity index (χ2n) is 6.74. The third-order valence-electron chi connectivity index (χ3n) is 4.83. The molecule has 0 fully saturated rings. The van der Waals surface area contributed by atoms with Crippen molar-refractivity contribution in [2.75, 3.05) is 26.8 Å². The number of carbonyl (C=O) groups excluding carboxylic acids is 2. The molecule has 8 heteroatoms. The molecule has 1 aromatic carbocycles. The van der Waals surface area contributed by atoms with Gasteiger partial charge in [-0.3, -0.25) is 14.4 Å². The smallest absolute Gasteiger partial charge is 0.359 e. The molecule has 1 aliphatic rings. The molecule has 28 heavy (non-hydrogen) atoms. The summed E-state index contributed by atoms with van der Waals surface area (Å²) in [6.45, 7) is 4.05. The number of methoxy groups -OCH3 is 1. The van der Waals surface area contributed by atoms with E-state index >= 15 is 0 Å². The van der Waals surface area contributed by atoms with Gasteiger partial charge in [-0.15, -0.1) is 0 Å². The zero-order valence-corrected chi connectivity index (χ0v) is 16.3. The number of aromatic nitrogens is 2. The van der Waals surface area contributed by atoms with Crippen LogP contribution in [0.3, 0.4) is 0 Å². The number of aryl methyl sites for hydroxylation is 2. The van der Waals surface area contributed by atoms with Crippen LogP contribution in [0.4, 0.5) is 0 Å². The number of hydrogen-bond acceptors (Lipinski definition) is 6. The summed E-state index contributed by atoms with van der Waals surface area (Å²) in [5.74, 6) is 0.00950. The van der Waals surface area contributed by atoms with Gasteiger partial charge in [0.2, 0.25) is 5.91 Å². The number of ether oxygens (including phenoxy) is 2. The predicted octanol–water partition coefficient (Wildman–Crippen LogP) is 1.15. The second kappa shape index (κ2) is 8.88. The summed E-state index contributed by atoms with van der Waals surface area (Å²) in [5, 5.41) is 4.55. The summed E-state index contributed by atoms with van der Waals surface area (Å²) >= 11 is 0. The molecule has 0 radical (unpaired) electrons. The predicted molar refractivity (Wildman–Crippen MR) is 103 cm³/mol. The van der Waals surface area contributed by atoms with Crippen molar-refractivity contribution in [3.8, 4) is 5.75 Å². The highest BCUT2D eigenvalue weighted by Crippen LogP contribution is 2.24. The molecular formula is C20H26N4O4. The molecule has 0 unspecified atom stereocenters. The highest BCUT2D eigenvalue weighted by Gasteiger charge is 2.29. The van der Waals surface area contributed by atoms with E-state index in [2.05, 4.69) is 5.10 Å². The quantitative estimate of drug-likeness (QED) is 0.684. The molecule has 8 nitrogen and oxygen atoms in total. The van der Waals surface area contributed by atoms with Crippen LogP contribution in [0.25, 0.3) is 0 Å². The standard InChI is InChI=1S/C20H26N4O4/c1-3-28-20(26)19-16-12-23(13-18(21)25)10-9-17(16)24(22-19)11-8-14-4-6-15(27-2)7-5-14/h4-7H,3,8-13H2,1-2H3,(H2,21,25). The number of rotatable bonds is 8. The topological polar surface area (TPSA) is 99.7 Å². The number of primary amides is 1. The van der Waals surface area contributed by atoms with E-state index in [0.717, 1.165) is 29.0 Å². The molecule has 2 aromatic rings. The van der Waals surface area contributed by atoms with Crippen LogP contribution in [0.5, 0.6) is 5.75 Å². The van der Waals surface area contributed by atoms with E-state index in [1.807, 2.05) is 33.8 Å². The minimum atomic E-state index is -0.428.